The highest BCUT2D eigenvalue weighted by Crippen LogP contribution is 2.46. The summed E-state index contributed by atoms with van der Waals surface area (Å²) < 4.78 is 9.02. The van der Waals surface area contributed by atoms with E-state index in [0.29, 0.717) is 0 Å². The van der Waals surface area contributed by atoms with Crippen LogP contribution in [-0.2, 0) is 0 Å². The third kappa shape index (κ3) is 4.34. The second-order valence-electron chi connectivity index (χ2n) is 11.7. The average molecular weight is 581 g/mol. The van der Waals surface area contributed by atoms with Crippen LogP contribution >= 0.6 is 0 Å². The first-order valence-corrected chi connectivity index (χ1v) is 15.4. The largest absolute Gasteiger partial charge is 0.464 e. The molecule has 0 amide bonds. The number of nitrogens with one attached hydrogen (secondary N) is 2. The molecule has 2 N–H and O–H groups in total. The standard InChI is InChI=1S/C41H29N3O/c1-4-11-29(12-5-1)39-43-40(30-13-6-2-7-14-30)44(39)34-18-10-17-32(25-34)33-22-20-27-19-21-28-23-24-36-38(37(28)35(27)26-33)45-41(42-36)31-15-8-3-9-16-31/h1-26,39,41-42H/p+1. The van der Waals surface area contributed by atoms with E-state index in [4.69, 9.17) is 4.74 Å². The number of ether oxygens (including phenoxy) is 1. The summed E-state index contributed by atoms with van der Waals surface area (Å²) in [6.07, 6.45) is -0.151. The molecule has 4 nitrogen and oxygen atoms in total. The van der Waals surface area contributed by atoms with Gasteiger partial charge in [0.05, 0.1) is 11.3 Å². The summed E-state index contributed by atoms with van der Waals surface area (Å²) in [5.41, 5.74) is 8.03. The molecule has 2 aliphatic heterocycles. The van der Waals surface area contributed by atoms with E-state index in [1.807, 2.05) is 6.07 Å². The molecule has 0 saturated carbocycles. The van der Waals surface area contributed by atoms with Crippen LogP contribution in [0.15, 0.2) is 158 Å². The highest BCUT2D eigenvalue weighted by atomic mass is 16.5. The molecule has 0 fully saturated rings. The minimum Gasteiger partial charge on any atom is -0.464 e. The lowest BCUT2D eigenvalue weighted by Gasteiger charge is -2.29. The Labute approximate surface area is 261 Å². The van der Waals surface area contributed by atoms with Crippen molar-refractivity contribution in [3.8, 4) is 16.9 Å². The molecule has 45 heavy (non-hydrogen) atoms. The lowest BCUT2D eigenvalue weighted by atomic mass is 9.96. The third-order valence-electron chi connectivity index (χ3n) is 8.97. The predicted molar refractivity (Wildman–Crippen MR) is 183 cm³/mol. The lowest BCUT2D eigenvalue weighted by molar-refractivity contribution is -0.531. The summed E-state index contributed by atoms with van der Waals surface area (Å²) in [6, 6.07) is 55.9. The van der Waals surface area contributed by atoms with Crippen molar-refractivity contribution < 1.29 is 9.31 Å². The van der Waals surface area contributed by atoms with Gasteiger partial charge in [-0.3, -0.25) is 0 Å². The van der Waals surface area contributed by atoms with Gasteiger partial charge < -0.3 is 10.1 Å². The second-order valence-corrected chi connectivity index (χ2v) is 11.7. The minimum absolute atomic E-state index is 0.0574. The number of hydrogen-bond acceptors (Lipinski definition) is 3. The van der Waals surface area contributed by atoms with E-state index in [2.05, 4.69) is 167 Å². The predicted octanol–water partition coefficient (Wildman–Crippen LogP) is 9.56. The van der Waals surface area contributed by atoms with Crippen molar-refractivity contribution in [3.63, 3.8) is 0 Å². The van der Waals surface area contributed by atoms with Gasteiger partial charge >= 0.3 is 0 Å². The van der Waals surface area contributed by atoms with Gasteiger partial charge in [0.15, 0.2) is 12.0 Å². The minimum atomic E-state index is -0.209. The topological polar surface area (TPSA) is 36.3 Å². The molecule has 9 rings (SSSR count). The fourth-order valence-electron chi connectivity index (χ4n) is 6.72. The summed E-state index contributed by atoms with van der Waals surface area (Å²) >= 11 is 0. The zero-order valence-electron chi connectivity index (χ0n) is 24.5. The third-order valence-corrected chi connectivity index (χ3v) is 8.97. The maximum Gasteiger partial charge on any atom is 0.289 e. The van der Waals surface area contributed by atoms with Gasteiger partial charge in [-0.05, 0) is 63.7 Å². The van der Waals surface area contributed by atoms with Crippen molar-refractivity contribution >= 4 is 38.8 Å². The maximum absolute atomic E-state index is 6.61. The van der Waals surface area contributed by atoms with Crippen LogP contribution in [0.25, 0.3) is 32.7 Å². The van der Waals surface area contributed by atoms with Gasteiger partial charge in [-0.2, -0.15) is 4.58 Å². The Morgan fingerprint density at radius 1 is 0.511 bits per heavy atom. The molecular formula is C41H30N3O+. The second kappa shape index (κ2) is 10.4. The van der Waals surface area contributed by atoms with Crippen LogP contribution in [0.3, 0.4) is 0 Å². The van der Waals surface area contributed by atoms with Gasteiger partial charge in [-0.1, -0.05) is 121 Å². The summed E-state index contributed by atoms with van der Waals surface area (Å²) in [7, 11) is 0. The van der Waals surface area contributed by atoms with Crippen LogP contribution < -0.4 is 15.4 Å². The van der Waals surface area contributed by atoms with Crippen molar-refractivity contribution in [2.24, 2.45) is 0 Å². The molecular weight excluding hydrogens is 550 g/mol. The van der Waals surface area contributed by atoms with E-state index in [1.165, 1.54) is 38.4 Å². The van der Waals surface area contributed by atoms with E-state index in [1.54, 1.807) is 0 Å². The molecule has 4 heteroatoms. The summed E-state index contributed by atoms with van der Waals surface area (Å²) in [6.45, 7) is 0. The molecule has 0 bridgehead atoms. The smallest absolute Gasteiger partial charge is 0.289 e. The number of fused-ring (bicyclic) bond motifs is 5. The average Bonchev–Trinajstić information content (AvgIpc) is 3.54. The van der Waals surface area contributed by atoms with E-state index >= 15 is 0 Å². The number of anilines is 1. The van der Waals surface area contributed by atoms with E-state index in [-0.39, 0.29) is 12.4 Å². The summed E-state index contributed by atoms with van der Waals surface area (Å²) in [5, 5.41) is 12.0. The maximum atomic E-state index is 6.61. The Hall–Kier alpha value is -5.87. The first-order chi connectivity index (χ1) is 22.3. The SMILES string of the molecule is c1ccc(C2=[N+](c3cccc(-c4ccc5ccc6ccc7c(c6c5c4)OC(c4ccccc4)N7)c3)C(c3ccccc3)N2)cc1. The number of benzene rings is 7. The summed E-state index contributed by atoms with van der Waals surface area (Å²) in [4.78, 5) is 0. The Bertz CT molecular complexity index is 2240. The number of hydrogen-bond donors (Lipinski definition) is 2. The molecule has 0 aromatic heterocycles. The highest BCUT2D eigenvalue weighted by Gasteiger charge is 2.40. The zero-order chi connectivity index (χ0) is 29.7. The Morgan fingerprint density at radius 3 is 1.96 bits per heavy atom. The van der Waals surface area contributed by atoms with Crippen molar-refractivity contribution in [2.75, 3.05) is 5.32 Å². The number of amidine groups is 1. The quantitative estimate of drug-likeness (QED) is 0.157. The van der Waals surface area contributed by atoms with E-state index < -0.39 is 0 Å². The fourth-order valence-corrected chi connectivity index (χ4v) is 6.72. The molecule has 0 radical (unpaired) electrons. The molecule has 7 aromatic rings. The molecule has 0 saturated heterocycles. The molecule has 0 spiro atoms. The number of nitrogens with zero attached hydrogens (tertiary/aromatic N) is 1. The van der Waals surface area contributed by atoms with Crippen LogP contribution in [-0.4, -0.2) is 10.4 Å². The van der Waals surface area contributed by atoms with Gasteiger partial charge in [0.25, 0.3) is 12.0 Å². The van der Waals surface area contributed by atoms with Gasteiger partial charge in [0.2, 0.25) is 0 Å². The van der Waals surface area contributed by atoms with Crippen molar-refractivity contribution in [1.82, 2.24) is 5.32 Å². The molecule has 0 aliphatic carbocycles. The zero-order valence-corrected chi connectivity index (χ0v) is 24.5. The first kappa shape index (κ1) is 25.6. The molecule has 2 heterocycles. The van der Waals surface area contributed by atoms with Crippen molar-refractivity contribution in [3.05, 3.63) is 174 Å². The van der Waals surface area contributed by atoms with Crippen molar-refractivity contribution in [2.45, 2.75) is 12.4 Å². The van der Waals surface area contributed by atoms with Crippen LogP contribution in [0.2, 0.25) is 0 Å². The Kier molecular flexibility index (Phi) is 5.91. The first-order valence-electron chi connectivity index (χ1n) is 15.4. The van der Waals surface area contributed by atoms with Gasteiger partial charge in [0.1, 0.15) is 5.69 Å². The molecule has 7 aromatic carbocycles. The van der Waals surface area contributed by atoms with Gasteiger partial charge in [0, 0.05) is 16.5 Å². The van der Waals surface area contributed by atoms with Crippen LogP contribution in [0.1, 0.15) is 29.1 Å². The van der Waals surface area contributed by atoms with Crippen molar-refractivity contribution in [1.29, 1.82) is 0 Å². The van der Waals surface area contributed by atoms with Gasteiger partial charge in [-0.15, -0.1) is 0 Å². The molecule has 2 unspecified atom stereocenters. The number of rotatable bonds is 5. The molecule has 2 aliphatic rings. The summed E-state index contributed by atoms with van der Waals surface area (Å²) in [5.74, 6) is 2.02. The van der Waals surface area contributed by atoms with E-state index in [0.717, 1.165) is 33.9 Å². The monoisotopic (exact) mass is 580 g/mol. The van der Waals surface area contributed by atoms with Crippen LogP contribution in [0.4, 0.5) is 11.4 Å². The van der Waals surface area contributed by atoms with E-state index in [9.17, 15) is 0 Å². The highest BCUT2D eigenvalue weighted by molar-refractivity contribution is 6.13. The van der Waals surface area contributed by atoms with Crippen LogP contribution in [0.5, 0.6) is 5.75 Å². The van der Waals surface area contributed by atoms with Gasteiger partial charge in [-0.25, -0.2) is 5.32 Å². The Morgan fingerprint density at radius 2 is 1.16 bits per heavy atom. The Balaban J connectivity index is 1.15. The molecule has 214 valence electrons. The fraction of sp³-hybridized carbons (Fsp3) is 0.0488. The lowest BCUT2D eigenvalue weighted by Crippen LogP contribution is -2.51. The molecule has 2 atom stereocenters. The van der Waals surface area contributed by atoms with Crippen LogP contribution in [0, 0.1) is 0 Å². The normalized spacial score (nSPS) is 16.9.